The van der Waals surface area contributed by atoms with Crippen molar-refractivity contribution in [1.82, 2.24) is 14.7 Å². The molecule has 214 valence electrons. The number of carboxylic acids is 2. The van der Waals surface area contributed by atoms with Crippen molar-refractivity contribution in [3.05, 3.63) is 65.2 Å². The van der Waals surface area contributed by atoms with Crippen LogP contribution in [0.4, 0.5) is 0 Å². The molecule has 0 bridgehead atoms. The summed E-state index contributed by atoms with van der Waals surface area (Å²) >= 11 is 0. The average Bonchev–Trinajstić information content (AvgIpc) is 3.42. The first-order valence-corrected chi connectivity index (χ1v) is 13.6. The van der Waals surface area contributed by atoms with E-state index in [-0.39, 0.29) is 5.92 Å². The molecule has 3 aliphatic heterocycles. The normalized spacial score (nSPS) is 18.1. The number of carbonyl (C=O) groups excluding carboxylic acids is 1. The number of rotatable bonds is 6. The van der Waals surface area contributed by atoms with Gasteiger partial charge in [-0.3, -0.25) is 14.6 Å². The number of carbonyl (C=O) groups is 3. The Balaban J connectivity index is 0.000000557. The molecule has 3 aliphatic rings. The molecular formula is C30H37N3O7. The number of piperazine rings is 1. The Labute approximate surface area is 234 Å². The number of benzene rings is 2. The van der Waals surface area contributed by atoms with E-state index in [4.69, 9.17) is 29.3 Å². The van der Waals surface area contributed by atoms with Crippen LogP contribution in [0.3, 0.4) is 0 Å². The number of piperidine rings is 1. The number of aliphatic carboxylic acids is 2. The molecule has 2 aromatic rings. The molecule has 2 N–H and O–H groups in total. The monoisotopic (exact) mass is 551 g/mol. The van der Waals surface area contributed by atoms with Gasteiger partial charge in [0, 0.05) is 45.2 Å². The number of carboxylic acid groups (broad SMARTS) is 2. The van der Waals surface area contributed by atoms with E-state index in [2.05, 4.69) is 64.1 Å². The van der Waals surface area contributed by atoms with Crippen molar-refractivity contribution in [2.75, 3.05) is 52.6 Å². The lowest BCUT2D eigenvalue weighted by atomic mass is 9.94. The summed E-state index contributed by atoms with van der Waals surface area (Å²) in [4.78, 5) is 38.4. The molecule has 0 unspecified atom stereocenters. The summed E-state index contributed by atoms with van der Waals surface area (Å²) in [5.41, 5.74) is 3.85. The highest BCUT2D eigenvalue weighted by Gasteiger charge is 2.30. The number of likely N-dealkylation sites (tertiary alicyclic amines) is 1. The van der Waals surface area contributed by atoms with Gasteiger partial charge in [0.15, 0.2) is 11.5 Å². The molecule has 5 rings (SSSR count). The summed E-state index contributed by atoms with van der Waals surface area (Å²) in [5, 5.41) is 14.8. The van der Waals surface area contributed by atoms with Gasteiger partial charge in [0.2, 0.25) is 12.7 Å². The maximum Gasteiger partial charge on any atom is 0.414 e. The van der Waals surface area contributed by atoms with Gasteiger partial charge in [0.1, 0.15) is 0 Å². The van der Waals surface area contributed by atoms with Crippen molar-refractivity contribution in [3.63, 3.8) is 0 Å². The van der Waals surface area contributed by atoms with E-state index in [1.165, 1.54) is 16.7 Å². The maximum absolute atomic E-state index is 13.2. The molecule has 0 aromatic heterocycles. The van der Waals surface area contributed by atoms with Gasteiger partial charge in [-0.2, -0.15) is 0 Å². The number of amides is 1. The van der Waals surface area contributed by atoms with Gasteiger partial charge in [-0.05, 0) is 56.1 Å². The predicted molar refractivity (Wildman–Crippen MR) is 149 cm³/mol. The Morgan fingerprint density at radius 3 is 2.15 bits per heavy atom. The fraction of sp³-hybridized carbons (Fsp3) is 0.433. The minimum atomic E-state index is -1.82. The highest BCUT2D eigenvalue weighted by molar-refractivity contribution is 6.27. The van der Waals surface area contributed by atoms with Gasteiger partial charge in [-0.25, -0.2) is 9.59 Å². The summed E-state index contributed by atoms with van der Waals surface area (Å²) in [7, 11) is 0. The zero-order valence-corrected chi connectivity index (χ0v) is 22.8. The van der Waals surface area contributed by atoms with E-state index < -0.39 is 11.9 Å². The number of ether oxygens (including phenoxy) is 2. The summed E-state index contributed by atoms with van der Waals surface area (Å²) in [5.74, 6) is -1.45. The van der Waals surface area contributed by atoms with E-state index >= 15 is 0 Å². The Bertz CT molecular complexity index is 1190. The number of nitrogens with zero attached hydrogens (tertiary/aromatic N) is 3. The van der Waals surface area contributed by atoms with E-state index in [1.807, 2.05) is 12.1 Å². The molecule has 40 heavy (non-hydrogen) atoms. The molecule has 2 aromatic carbocycles. The van der Waals surface area contributed by atoms with Crippen LogP contribution in [0.15, 0.2) is 54.1 Å². The lowest BCUT2D eigenvalue weighted by Crippen LogP contribution is -2.51. The van der Waals surface area contributed by atoms with Crippen LogP contribution in [0.1, 0.15) is 30.9 Å². The highest BCUT2D eigenvalue weighted by Crippen LogP contribution is 2.33. The summed E-state index contributed by atoms with van der Waals surface area (Å²) < 4.78 is 10.9. The molecule has 10 nitrogen and oxygen atoms in total. The quantitative estimate of drug-likeness (QED) is 0.522. The molecule has 0 aliphatic carbocycles. The van der Waals surface area contributed by atoms with E-state index in [0.29, 0.717) is 12.7 Å². The first-order chi connectivity index (χ1) is 19.3. The first-order valence-electron chi connectivity index (χ1n) is 13.6. The summed E-state index contributed by atoms with van der Waals surface area (Å²) in [6.45, 7) is 9.86. The molecule has 10 heteroatoms. The van der Waals surface area contributed by atoms with Crippen LogP contribution >= 0.6 is 0 Å². The second-order valence-electron chi connectivity index (χ2n) is 10.4. The molecule has 1 amide bonds. The van der Waals surface area contributed by atoms with Crippen LogP contribution in [0, 0.1) is 5.92 Å². The van der Waals surface area contributed by atoms with E-state index in [0.717, 1.165) is 76.7 Å². The van der Waals surface area contributed by atoms with Crippen LogP contribution < -0.4 is 9.47 Å². The van der Waals surface area contributed by atoms with Crippen molar-refractivity contribution >= 4 is 23.9 Å². The molecule has 3 heterocycles. The van der Waals surface area contributed by atoms with Crippen LogP contribution in [0.5, 0.6) is 11.5 Å². The van der Waals surface area contributed by atoms with E-state index in [1.54, 1.807) is 0 Å². The zero-order chi connectivity index (χ0) is 28.5. The van der Waals surface area contributed by atoms with Gasteiger partial charge in [0.05, 0.1) is 0 Å². The Morgan fingerprint density at radius 1 is 0.850 bits per heavy atom. The third kappa shape index (κ3) is 8.30. The largest absolute Gasteiger partial charge is 0.473 e. The molecule has 0 saturated carbocycles. The highest BCUT2D eigenvalue weighted by atomic mass is 16.7. The van der Waals surface area contributed by atoms with Crippen molar-refractivity contribution in [3.8, 4) is 11.5 Å². The zero-order valence-electron chi connectivity index (χ0n) is 22.8. The fourth-order valence-electron chi connectivity index (χ4n) is 5.25. The molecule has 0 atom stereocenters. The Hall–Kier alpha value is -3.89. The van der Waals surface area contributed by atoms with Gasteiger partial charge in [-0.15, -0.1) is 0 Å². The summed E-state index contributed by atoms with van der Waals surface area (Å²) in [6.07, 6.45) is 4.20. The SMILES string of the molecule is C/C(=C\c1ccccc1)CN1CCC(C(=O)N2CCN(Cc3ccc4c(c3)OCO4)CC2)CC1.O=C(O)C(=O)O. The minimum Gasteiger partial charge on any atom is -0.473 e. The molecule has 0 spiro atoms. The number of hydrogen-bond donors (Lipinski definition) is 2. The van der Waals surface area contributed by atoms with Gasteiger partial charge in [-0.1, -0.05) is 48.0 Å². The third-order valence-corrected chi connectivity index (χ3v) is 7.33. The lowest BCUT2D eigenvalue weighted by molar-refractivity contribution is -0.159. The minimum absolute atomic E-state index is 0.176. The van der Waals surface area contributed by atoms with Crippen molar-refractivity contribution in [2.24, 2.45) is 5.92 Å². The summed E-state index contributed by atoms with van der Waals surface area (Å²) in [6, 6.07) is 16.7. The fourth-order valence-corrected chi connectivity index (χ4v) is 5.25. The lowest BCUT2D eigenvalue weighted by Gasteiger charge is -2.38. The van der Waals surface area contributed by atoms with E-state index in [9.17, 15) is 4.79 Å². The second kappa shape index (κ2) is 14.0. The predicted octanol–water partition coefficient (Wildman–Crippen LogP) is 3.03. The van der Waals surface area contributed by atoms with Crippen LogP contribution in [0.2, 0.25) is 0 Å². The molecule has 2 saturated heterocycles. The maximum atomic E-state index is 13.2. The Morgan fingerprint density at radius 2 is 1.50 bits per heavy atom. The number of hydrogen-bond acceptors (Lipinski definition) is 7. The van der Waals surface area contributed by atoms with Gasteiger partial charge < -0.3 is 24.6 Å². The van der Waals surface area contributed by atoms with Crippen molar-refractivity contribution in [2.45, 2.75) is 26.3 Å². The van der Waals surface area contributed by atoms with Crippen molar-refractivity contribution in [1.29, 1.82) is 0 Å². The van der Waals surface area contributed by atoms with Crippen molar-refractivity contribution < 1.29 is 34.1 Å². The molecular weight excluding hydrogens is 514 g/mol. The first kappa shape index (κ1) is 29.1. The van der Waals surface area contributed by atoms with Gasteiger partial charge >= 0.3 is 11.9 Å². The Kier molecular flexibility index (Phi) is 10.2. The second-order valence-corrected chi connectivity index (χ2v) is 10.4. The number of fused-ring (bicyclic) bond motifs is 1. The third-order valence-electron chi connectivity index (χ3n) is 7.33. The standard InChI is InChI=1S/C28H35N3O3.C2H2O4/c1-22(17-23-5-3-2-4-6-23)19-29-11-9-25(10-12-29)28(32)31-15-13-30(14-16-31)20-24-7-8-26-27(18-24)34-21-33-26;3-1(4)2(5)6/h2-8,17-18,25H,9-16,19-21H2,1H3;(H,3,4)(H,5,6)/b22-17+;. The smallest absolute Gasteiger partial charge is 0.414 e. The van der Waals surface area contributed by atoms with Crippen LogP contribution in [-0.4, -0.2) is 95.4 Å². The van der Waals surface area contributed by atoms with Gasteiger partial charge in [0.25, 0.3) is 0 Å². The molecule has 0 radical (unpaired) electrons. The molecule has 2 fully saturated rings. The average molecular weight is 552 g/mol. The topological polar surface area (TPSA) is 120 Å². The van der Waals surface area contributed by atoms with Crippen LogP contribution in [-0.2, 0) is 20.9 Å². The van der Waals surface area contributed by atoms with Crippen LogP contribution in [0.25, 0.3) is 6.08 Å².